The van der Waals surface area contributed by atoms with E-state index in [4.69, 9.17) is 15.2 Å². The summed E-state index contributed by atoms with van der Waals surface area (Å²) in [6, 6.07) is 24.6. The monoisotopic (exact) mass is 452 g/mol. The normalized spacial score (nSPS) is 14.6. The number of Topliss-reactive ketones (excluding diaryl/α,β-unsaturated/α-hetero) is 1. The number of hydrogen-bond acceptors (Lipinski definition) is 6. The van der Waals surface area contributed by atoms with Gasteiger partial charge >= 0.3 is 0 Å². The summed E-state index contributed by atoms with van der Waals surface area (Å²) in [5.74, 6) is 1.19. The highest BCUT2D eigenvalue weighted by atomic mass is 16.5. The number of ether oxygens (including phenoxy) is 2. The molecule has 2 atom stereocenters. The first-order valence-electron chi connectivity index (χ1n) is 11.1. The van der Waals surface area contributed by atoms with Crippen LogP contribution in [0, 0.1) is 0 Å². The molecule has 170 valence electrons. The molecule has 2 unspecified atom stereocenters. The molecule has 0 radical (unpaired) electrons. The maximum Gasteiger partial charge on any atom is 0.169 e. The minimum Gasteiger partial charge on any atom is -0.492 e. The Hall–Kier alpha value is -4.00. The van der Waals surface area contributed by atoms with E-state index in [9.17, 15) is 9.90 Å². The van der Waals surface area contributed by atoms with Crippen molar-refractivity contribution >= 4 is 5.78 Å². The van der Waals surface area contributed by atoms with Crippen molar-refractivity contribution in [1.29, 1.82) is 0 Å². The molecule has 3 N–H and O–H groups in total. The van der Waals surface area contributed by atoms with Gasteiger partial charge in [-0.3, -0.25) is 9.78 Å². The first-order chi connectivity index (χ1) is 16.6. The second-order valence-corrected chi connectivity index (χ2v) is 8.12. The number of fused-ring (bicyclic) bond motifs is 1. The lowest BCUT2D eigenvalue weighted by atomic mass is 9.93. The number of aromatic nitrogens is 1. The summed E-state index contributed by atoms with van der Waals surface area (Å²) in [6.07, 6.45) is 2.41. The number of aliphatic hydroxyl groups excluding tert-OH is 1. The maximum absolute atomic E-state index is 12.2. The third kappa shape index (κ3) is 4.41. The van der Waals surface area contributed by atoms with E-state index in [2.05, 4.69) is 4.98 Å². The Morgan fingerprint density at radius 3 is 2.47 bits per heavy atom. The number of benzene rings is 3. The van der Waals surface area contributed by atoms with E-state index < -0.39 is 12.3 Å². The summed E-state index contributed by atoms with van der Waals surface area (Å²) in [5, 5.41) is 9.73. The van der Waals surface area contributed by atoms with Crippen molar-refractivity contribution in [1.82, 2.24) is 4.98 Å². The van der Waals surface area contributed by atoms with Gasteiger partial charge in [0.25, 0.3) is 0 Å². The highest BCUT2D eigenvalue weighted by molar-refractivity contribution is 5.99. The molecule has 0 saturated carbocycles. The minimum absolute atomic E-state index is 0.0702. The zero-order valence-electron chi connectivity index (χ0n) is 18.4. The van der Waals surface area contributed by atoms with E-state index >= 15 is 0 Å². The van der Waals surface area contributed by atoms with Crippen LogP contribution in [-0.4, -0.2) is 22.5 Å². The van der Waals surface area contributed by atoms with Gasteiger partial charge in [-0.2, -0.15) is 0 Å². The molecule has 6 nitrogen and oxygen atoms in total. The molecule has 3 aromatic carbocycles. The van der Waals surface area contributed by atoms with Crippen molar-refractivity contribution in [3.63, 3.8) is 0 Å². The number of pyridine rings is 1. The Kier molecular flexibility index (Phi) is 6.08. The number of aliphatic hydroxyl groups is 1. The summed E-state index contributed by atoms with van der Waals surface area (Å²) >= 11 is 0. The Morgan fingerprint density at radius 1 is 0.941 bits per heavy atom. The predicted octanol–water partition coefficient (Wildman–Crippen LogP) is 4.83. The molecule has 0 fully saturated rings. The number of carbonyl (C=O) groups is 1. The lowest BCUT2D eigenvalue weighted by molar-refractivity contribution is 0.0933. The van der Waals surface area contributed by atoms with Gasteiger partial charge in [-0.05, 0) is 34.9 Å². The summed E-state index contributed by atoms with van der Waals surface area (Å²) in [5.41, 5.74) is 10.6. The van der Waals surface area contributed by atoms with Crippen LogP contribution < -0.4 is 15.2 Å². The third-order valence-electron chi connectivity index (χ3n) is 5.90. The predicted molar refractivity (Wildman–Crippen MR) is 129 cm³/mol. The van der Waals surface area contributed by atoms with E-state index in [0.29, 0.717) is 35.7 Å². The molecule has 0 bridgehead atoms. The van der Waals surface area contributed by atoms with Crippen molar-refractivity contribution in [3.05, 3.63) is 114 Å². The van der Waals surface area contributed by atoms with Crippen LogP contribution in [0.15, 0.2) is 91.3 Å². The fourth-order valence-electron chi connectivity index (χ4n) is 4.12. The largest absolute Gasteiger partial charge is 0.492 e. The summed E-state index contributed by atoms with van der Waals surface area (Å²) in [7, 11) is 0. The van der Waals surface area contributed by atoms with Crippen LogP contribution in [0.1, 0.15) is 45.8 Å². The quantitative estimate of drug-likeness (QED) is 0.407. The number of ketones is 1. The standard InChI is InChI=1S/C28H24N2O4/c29-28(32)20-8-6-19(7-9-20)27(22-12-14-30-17-24(22)18-4-2-1-3-5-18)34-21-10-11-23-25(31)13-15-33-26(23)16-21/h1-12,14,16-17,27-28,32H,13,15,29H2. The van der Waals surface area contributed by atoms with E-state index in [-0.39, 0.29) is 5.78 Å². The van der Waals surface area contributed by atoms with Gasteiger partial charge in [-0.1, -0.05) is 54.6 Å². The van der Waals surface area contributed by atoms with Gasteiger partial charge in [0.2, 0.25) is 0 Å². The van der Waals surface area contributed by atoms with Crippen molar-refractivity contribution in [2.24, 2.45) is 5.73 Å². The van der Waals surface area contributed by atoms with Gasteiger partial charge in [-0.15, -0.1) is 0 Å². The average Bonchev–Trinajstić information content (AvgIpc) is 2.88. The molecule has 0 saturated heterocycles. The van der Waals surface area contributed by atoms with Crippen LogP contribution in [0.4, 0.5) is 0 Å². The molecule has 0 spiro atoms. The molecule has 1 aromatic heterocycles. The van der Waals surface area contributed by atoms with E-state index in [1.165, 1.54) is 0 Å². The molecule has 2 heterocycles. The lowest BCUT2D eigenvalue weighted by Crippen LogP contribution is -2.16. The molecule has 6 heteroatoms. The Balaban J connectivity index is 1.59. The van der Waals surface area contributed by atoms with Gasteiger partial charge in [0.1, 0.15) is 23.8 Å². The van der Waals surface area contributed by atoms with Gasteiger partial charge in [-0.25, -0.2) is 0 Å². The minimum atomic E-state index is -1.05. The molecule has 5 rings (SSSR count). The Bertz CT molecular complexity index is 1300. The second kappa shape index (κ2) is 9.47. The van der Waals surface area contributed by atoms with Crippen LogP contribution in [0.5, 0.6) is 11.5 Å². The van der Waals surface area contributed by atoms with Crippen LogP contribution in [0.3, 0.4) is 0 Å². The van der Waals surface area contributed by atoms with Crippen molar-refractivity contribution in [3.8, 4) is 22.6 Å². The topological polar surface area (TPSA) is 94.7 Å². The van der Waals surface area contributed by atoms with Crippen LogP contribution in [-0.2, 0) is 0 Å². The highest BCUT2D eigenvalue weighted by Crippen LogP contribution is 2.37. The van der Waals surface area contributed by atoms with Crippen LogP contribution in [0.2, 0.25) is 0 Å². The zero-order chi connectivity index (χ0) is 23.5. The van der Waals surface area contributed by atoms with Gasteiger partial charge in [0.15, 0.2) is 5.78 Å². The zero-order valence-corrected chi connectivity index (χ0v) is 18.4. The number of nitrogens with two attached hydrogens (primary N) is 1. The van der Waals surface area contributed by atoms with Gasteiger partial charge in [0.05, 0.1) is 12.2 Å². The lowest BCUT2D eigenvalue weighted by Gasteiger charge is -2.24. The van der Waals surface area contributed by atoms with E-state index in [1.54, 1.807) is 36.5 Å². The number of rotatable bonds is 6. The van der Waals surface area contributed by atoms with Gasteiger partial charge in [0, 0.05) is 36.0 Å². The molecule has 1 aliphatic heterocycles. The molecular weight excluding hydrogens is 428 g/mol. The molecule has 0 aliphatic carbocycles. The SMILES string of the molecule is NC(O)c1ccc(C(Oc2ccc3c(c2)OCCC3=O)c2ccncc2-c2ccccc2)cc1. The van der Waals surface area contributed by atoms with Gasteiger partial charge < -0.3 is 20.3 Å². The fourth-order valence-corrected chi connectivity index (χ4v) is 4.12. The number of nitrogens with zero attached hydrogens (tertiary/aromatic N) is 1. The maximum atomic E-state index is 12.2. The molecule has 1 aliphatic rings. The number of hydrogen-bond donors (Lipinski definition) is 2. The van der Waals surface area contributed by atoms with Crippen molar-refractivity contribution in [2.75, 3.05) is 6.61 Å². The van der Waals surface area contributed by atoms with E-state index in [0.717, 1.165) is 22.3 Å². The molecule has 34 heavy (non-hydrogen) atoms. The van der Waals surface area contributed by atoms with E-state index in [1.807, 2.05) is 54.7 Å². The summed E-state index contributed by atoms with van der Waals surface area (Å²) in [6.45, 7) is 0.365. The molecule has 0 amide bonds. The Labute approximate surface area is 197 Å². The average molecular weight is 453 g/mol. The third-order valence-corrected chi connectivity index (χ3v) is 5.90. The smallest absolute Gasteiger partial charge is 0.169 e. The number of carbonyl (C=O) groups excluding carboxylic acids is 1. The fraction of sp³-hybridized carbons (Fsp3) is 0.143. The van der Waals surface area contributed by atoms with Crippen LogP contribution >= 0.6 is 0 Å². The summed E-state index contributed by atoms with van der Waals surface area (Å²) in [4.78, 5) is 16.5. The second-order valence-electron chi connectivity index (χ2n) is 8.12. The highest BCUT2D eigenvalue weighted by Gasteiger charge is 2.23. The van der Waals surface area contributed by atoms with Crippen molar-refractivity contribution < 1.29 is 19.4 Å². The molecular formula is C28H24N2O4. The van der Waals surface area contributed by atoms with Crippen LogP contribution in [0.25, 0.3) is 11.1 Å². The van der Waals surface area contributed by atoms with Crippen molar-refractivity contribution in [2.45, 2.75) is 18.8 Å². The molecule has 4 aromatic rings. The first-order valence-corrected chi connectivity index (χ1v) is 11.1. The summed E-state index contributed by atoms with van der Waals surface area (Å²) < 4.78 is 12.2. The Morgan fingerprint density at radius 2 is 1.71 bits per heavy atom. The first kappa shape index (κ1) is 21.8.